The highest BCUT2D eigenvalue weighted by Crippen LogP contribution is 2.46. The zero-order chi connectivity index (χ0) is 27.8. The second-order valence-electron chi connectivity index (χ2n) is 9.43. The molecule has 1 aromatic heterocycles. The Morgan fingerprint density at radius 3 is 2.35 bits per heavy atom. The van der Waals surface area contributed by atoms with Crippen molar-refractivity contribution in [1.82, 2.24) is 5.32 Å². The van der Waals surface area contributed by atoms with Gasteiger partial charge in [-0.25, -0.2) is 4.79 Å². The summed E-state index contributed by atoms with van der Waals surface area (Å²) in [7, 11) is 0. The van der Waals surface area contributed by atoms with Gasteiger partial charge in [0.1, 0.15) is 29.1 Å². The topological polar surface area (TPSA) is 77.0 Å². The lowest BCUT2D eigenvalue weighted by Crippen LogP contribution is -2.34. The number of hydrogen-bond acceptors (Lipinski definition) is 7. The van der Waals surface area contributed by atoms with Crippen LogP contribution < -0.4 is 14.8 Å². The van der Waals surface area contributed by atoms with Gasteiger partial charge in [0, 0.05) is 0 Å². The van der Waals surface area contributed by atoms with Gasteiger partial charge in [0.15, 0.2) is 10.6 Å². The zero-order valence-corrected chi connectivity index (χ0v) is 25.2. The molecule has 0 unspecified atom stereocenters. The molecule has 2 N–H and O–H groups in total. The third-order valence-corrected chi connectivity index (χ3v) is 6.80. The molecule has 210 valence electrons. The van der Waals surface area contributed by atoms with E-state index < -0.39 is 11.6 Å². The van der Waals surface area contributed by atoms with Gasteiger partial charge in [-0.3, -0.25) is 0 Å². The highest BCUT2D eigenvalue weighted by atomic mass is 35.5. The average Bonchev–Trinajstić information content (AvgIpc) is 3.21. The molecule has 2 aromatic rings. The number of aliphatic hydroxyl groups excluding tert-OH is 1. The number of esters is 1. The number of halogens is 1. The van der Waals surface area contributed by atoms with Crippen LogP contribution in [0.15, 0.2) is 24.3 Å². The van der Waals surface area contributed by atoms with E-state index in [1.807, 2.05) is 38.1 Å². The van der Waals surface area contributed by atoms with E-state index in [0.29, 0.717) is 9.90 Å². The number of nitrogens with one attached hydrogen (secondary N) is 1. The molecule has 0 spiro atoms. The molecule has 1 saturated heterocycles. The fraction of sp³-hybridized carbons (Fsp3) is 0.621. The molecule has 0 amide bonds. The van der Waals surface area contributed by atoms with Crippen molar-refractivity contribution in [1.29, 1.82) is 0 Å². The summed E-state index contributed by atoms with van der Waals surface area (Å²) in [5.74, 6) is 0.501. The van der Waals surface area contributed by atoms with E-state index in [2.05, 4.69) is 19.2 Å². The van der Waals surface area contributed by atoms with Gasteiger partial charge in [-0.1, -0.05) is 70.7 Å². The summed E-state index contributed by atoms with van der Waals surface area (Å²) in [5, 5.41) is 12.8. The molecule has 37 heavy (non-hydrogen) atoms. The van der Waals surface area contributed by atoms with Gasteiger partial charge in [0.25, 0.3) is 0 Å². The molecule has 1 fully saturated rings. The Kier molecular flexibility index (Phi) is 15.9. The van der Waals surface area contributed by atoms with Gasteiger partial charge in [0.05, 0.1) is 11.5 Å². The summed E-state index contributed by atoms with van der Waals surface area (Å²) >= 11 is 7.82. The minimum atomic E-state index is -0.648. The third kappa shape index (κ3) is 11.6. The zero-order valence-electron chi connectivity index (χ0n) is 23.6. The summed E-state index contributed by atoms with van der Waals surface area (Å²) < 4.78 is 17.2. The van der Waals surface area contributed by atoms with Crippen LogP contribution in [-0.2, 0) is 4.74 Å². The van der Waals surface area contributed by atoms with Gasteiger partial charge >= 0.3 is 5.97 Å². The van der Waals surface area contributed by atoms with Crippen molar-refractivity contribution < 1.29 is 24.1 Å². The van der Waals surface area contributed by atoms with Gasteiger partial charge in [-0.15, -0.1) is 11.3 Å². The average molecular weight is 556 g/mol. The van der Waals surface area contributed by atoms with Crippen LogP contribution in [0.3, 0.4) is 0 Å². The number of carbonyl (C=O) groups is 1. The van der Waals surface area contributed by atoms with Crippen molar-refractivity contribution in [3.8, 4) is 21.9 Å². The van der Waals surface area contributed by atoms with Gasteiger partial charge < -0.3 is 24.6 Å². The smallest absolute Gasteiger partial charge is 0.352 e. The molecular weight excluding hydrogens is 510 g/mol. The van der Waals surface area contributed by atoms with E-state index in [9.17, 15) is 4.79 Å². The predicted molar refractivity (Wildman–Crippen MR) is 156 cm³/mol. The fourth-order valence-corrected chi connectivity index (χ4v) is 4.93. The van der Waals surface area contributed by atoms with E-state index in [1.165, 1.54) is 30.6 Å². The first kappa shape index (κ1) is 33.2. The number of rotatable bonds is 9. The molecule has 6 nitrogen and oxygen atoms in total. The minimum absolute atomic E-state index is 0.0323. The van der Waals surface area contributed by atoms with Crippen LogP contribution in [0.25, 0.3) is 10.4 Å². The van der Waals surface area contributed by atoms with Crippen LogP contribution in [0.2, 0.25) is 5.02 Å². The maximum absolute atomic E-state index is 12.7. The Balaban J connectivity index is 0.000000874. The lowest BCUT2D eigenvalue weighted by atomic mass is 10.1. The van der Waals surface area contributed by atoms with E-state index in [-0.39, 0.29) is 29.9 Å². The molecule has 1 aliphatic rings. The highest BCUT2D eigenvalue weighted by molar-refractivity contribution is 7.18. The largest absolute Gasteiger partial charge is 0.490 e. The molecule has 1 aliphatic heterocycles. The quantitative estimate of drug-likeness (QED) is 0.308. The number of thiophene rings is 1. The van der Waals surface area contributed by atoms with Crippen LogP contribution in [0, 0.1) is 0 Å². The molecule has 0 bridgehead atoms. The van der Waals surface area contributed by atoms with Crippen molar-refractivity contribution in [2.24, 2.45) is 0 Å². The molecule has 0 saturated carbocycles. The number of ether oxygens (including phenoxy) is 3. The first-order valence-corrected chi connectivity index (χ1v) is 14.7. The highest BCUT2D eigenvalue weighted by Gasteiger charge is 2.28. The Morgan fingerprint density at radius 1 is 1.16 bits per heavy atom. The van der Waals surface area contributed by atoms with Crippen LogP contribution in [0.4, 0.5) is 0 Å². The molecule has 0 aliphatic carbocycles. The predicted octanol–water partition coefficient (Wildman–Crippen LogP) is 7.75. The number of carbonyl (C=O) groups excluding carboxylic acids is 1. The Hall–Kier alpha value is -1.80. The monoisotopic (exact) mass is 555 g/mol. The van der Waals surface area contributed by atoms with Crippen molar-refractivity contribution in [3.63, 3.8) is 0 Å². The van der Waals surface area contributed by atoms with Gasteiger partial charge in [-0.05, 0) is 64.4 Å². The Labute approximate surface area is 232 Å². The van der Waals surface area contributed by atoms with E-state index in [4.69, 9.17) is 30.9 Å². The van der Waals surface area contributed by atoms with Crippen molar-refractivity contribution in [2.45, 2.75) is 92.3 Å². The van der Waals surface area contributed by atoms with Crippen molar-refractivity contribution in [2.75, 3.05) is 26.3 Å². The lowest BCUT2D eigenvalue weighted by molar-refractivity contribution is 0.00712. The van der Waals surface area contributed by atoms with E-state index >= 15 is 0 Å². The lowest BCUT2D eigenvalue weighted by Gasteiger charge is -2.24. The number of aliphatic hydroxyl groups is 1. The summed E-state index contributed by atoms with van der Waals surface area (Å²) in [4.78, 5) is 13.7. The first-order valence-electron chi connectivity index (χ1n) is 13.5. The normalized spacial score (nSPS) is 13.5. The summed E-state index contributed by atoms with van der Waals surface area (Å²) in [6.45, 7) is 15.6. The van der Waals surface area contributed by atoms with Gasteiger partial charge in [-0.2, -0.15) is 0 Å². The standard InChI is InChI=1S/C22H28ClNO5S.C5H12.C2H6/c1-22(2,3)29-21(26)20-18(27-12-11-25)17(23)19(30-20)14-5-4-6-16(13-14)28-15-7-9-24-10-8-15;1-3-5-4-2;1-2/h4-6,13,15,24-25H,7-12H2,1-3H3;3-5H2,1-2H3;1-2H3. The van der Waals surface area contributed by atoms with Crippen LogP contribution in [0.5, 0.6) is 11.5 Å². The SMILES string of the molecule is CC.CC(C)(C)OC(=O)c1sc(-c2cccc(OC3CCNCC3)c2)c(Cl)c1OCCO.CCCCC. The molecule has 8 heteroatoms. The first-order chi connectivity index (χ1) is 17.7. The molecule has 0 atom stereocenters. The molecule has 2 heterocycles. The Bertz CT molecular complexity index is 918. The number of unbranched alkanes of at least 4 members (excludes halogenated alkanes) is 2. The summed E-state index contributed by atoms with van der Waals surface area (Å²) in [6, 6.07) is 7.67. The summed E-state index contributed by atoms with van der Waals surface area (Å²) in [5.41, 5.74) is 0.185. The van der Waals surface area contributed by atoms with Crippen LogP contribution in [-0.4, -0.2) is 49.1 Å². The molecule has 0 radical (unpaired) electrons. The third-order valence-electron chi connectivity index (χ3n) is 5.12. The number of piperidine rings is 1. The fourth-order valence-electron chi connectivity index (χ4n) is 3.49. The second-order valence-corrected chi connectivity index (χ2v) is 10.8. The molecule has 3 rings (SSSR count). The van der Waals surface area contributed by atoms with E-state index in [1.54, 1.807) is 20.8 Å². The number of hydrogen-bond donors (Lipinski definition) is 2. The molecular formula is C29H46ClNO5S. The van der Waals surface area contributed by atoms with Gasteiger partial charge in [0.2, 0.25) is 0 Å². The van der Waals surface area contributed by atoms with Crippen molar-refractivity contribution >= 4 is 28.9 Å². The maximum atomic E-state index is 12.7. The second kappa shape index (κ2) is 17.7. The maximum Gasteiger partial charge on any atom is 0.352 e. The number of benzene rings is 1. The Morgan fingerprint density at radius 2 is 1.81 bits per heavy atom. The minimum Gasteiger partial charge on any atom is -0.490 e. The van der Waals surface area contributed by atoms with Crippen LogP contribution >= 0.6 is 22.9 Å². The van der Waals surface area contributed by atoms with E-state index in [0.717, 1.165) is 37.2 Å². The van der Waals surface area contributed by atoms with Crippen LogP contribution in [0.1, 0.15) is 90.2 Å². The molecule has 1 aromatic carbocycles. The summed E-state index contributed by atoms with van der Waals surface area (Å²) in [6.07, 6.45) is 6.19. The van der Waals surface area contributed by atoms with Crippen molar-refractivity contribution in [3.05, 3.63) is 34.2 Å².